The molecular weight excluding hydrogens is 347 g/mol. The third-order valence-corrected chi connectivity index (χ3v) is 5.14. The molecule has 6 nitrogen and oxygen atoms in total. The van der Waals surface area contributed by atoms with Crippen molar-refractivity contribution >= 4 is 27.3 Å². The van der Waals surface area contributed by atoms with Crippen LogP contribution in [0.5, 0.6) is 0 Å². The summed E-state index contributed by atoms with van der Waals surface area (Å²) in [5.74, 6) is -0.641. The lowest BCUT2D eigenvalue weighted by molar-refractivity contribution is -0.384. The van der Waals surface area contributed by atoms with Crippen LogP contribution < -0.4 is 4.72 Å². The summed E-state index contributed by atoms with van der Waals surface area (Å²) in [6.45, 7) is 1.58. The molecule has 1 atom stereocenters. The quantitative estimate of drug-likeness (QED) is 0.655. The Labute approximate surface area is 137 Å². The molecule has 1 unspecified atom stereocenters. The number of sulfonamides is 1. The number of nitro groups is 1. The number of hydrogen-bond donors (Lipinski definition) is 1. The number of nitro benzene ring substituents is 1. The lowest BCUT2D eigenvalue weighted by atomic mass is 10.1. The van der Waals surface area contributed by atoms with E-state index in [4.69, 9.17) is 11.6 Å². The number of non-ortho nitro benzene ring substituents is 1. The molecule has 0 aromatic heterocycles. The average Bonchev–Trinajstić information content (AvgIpc) is 2.46. The summed E-state index contributed by atoms with van der Waals surface area (Å²) in [6, 6.07) is 7.80. The summed E-state index contributed by atoms with van der Waals surface area (Å²) < 4.78 is 40.0. The molecular formula is C14H12ClFN2O4S. The molecule has 0 heterocycles. The molecule has 23 heavy (non-hydrogen) atoms. The van der Waals surface area contributed by atoms with E-state index in [1.807, 2.05) is 0 Å². The first kappa shape index (κ1) is 17.3. The summed E-state index contributed by atoms with van der Waals surface area (Å²) in [4.78, 5) is 9.82. The van der Waals surface area contributed by atoms with Gasteiger partial charge in [-0.1, -0.05) is 23.7 Å². The fourth-order valence-electron chi connectivity index (χ4n) is 1.94. The first-order chi connectivity index (χ1) is 10.7. The molecule has 0 saturated carbocycles. The minimum atomic E-state index is -3.96. The van der Waals surface area contributed by atoms with Gasteiger partial charge in [-0.15, -0.1) is 0 Å². The zero-order chi connectivity index (χ0) is 17.2. The Hall–Kier alpha value is -2.03. The summed E-state index contributed by atoms with van der Waals surface area (Å²) in [5, 5.41) is 10.4. The van der Waals surface area contributed by atoms with E-state index in [1.165, 1.54) is 24.3 Å². The van der Waals surface area contributed by atoms with Gasteiger partial charge in [-0.05, 0) is 30.7 Å². The number of benzene rings is 2. The van der Waals surface area contributed by atoms with E-state index in [0.29, 0.717) is 5.56 Å². The lowest BCUT2D eigenvalue weighted by Gasteiger charge is -2.15. The van der Waals surface area contributed by atoms with Crippen molar-refractivity contribution in [2.24, 2.45) is 0 Å². The molecule has 0 bridgehead atoms. The van der Waals surface area contributed by atoms with Gasteiger partial charge >= 0.3 is 0 Å². The van der Waals surface area contributed by atoms with Gasteiger partial charge in [-0.2, -0.15) is 0 Å². The Balaban J connectivity index is 2.24. The lowest BCUT2D eigenvalue weighted by Crippen LogP contribution is -2.27. The number of halogens is 2. The maximum absolute atomic E-state index is 13.0. The van der Waals surface area contributed by atoms with Crippen LogP contribution in [-0.4, -0.2) is 13.3 Å². The first-order valence-electron chi connectivity index (χ1n) is 6.42. The number of hydrogen-bond acceptors (Lipinski definition) is 4. The van der Waals surface area contributed by atoms with Crippen LogP contribution in [0.3, 0.4) is 0 Å². The molecule has 0 radical (unpaired) electrons. The minimum absolute atomic E-state index is 0.0922. The molecule has 2 aromatic rings. The van der Waals surface area contributed by atoms with E-state index in [-0.39, 0.29) is 15.6 Å². The van der Waals surface area contributed by atoms with E-state index in [2.05, 4.69) is 4.72 Å². The summed E-state index contributed by atoms with van der Waals surface area (Å²) >= 11 is 5.76. The maximum Gasteiger partial charge on any atom is 0.269 e. The summed E-state index contributed by atoms with van der Waals surface area (Å²) in [5.41, 5.74) is 0.447. The fourth-order valence-corrected chi connectivity index (χ4v) is 3.71. The van der Waals surface area contributed by atoms with Crippen molar-refractivity contribution < 1.29 is 17.7 Å². The van der Waals surface area contributed by atoms with E-state index in [1.54, 1.807) is 6.92 Å². The molecule has 0 aliphatic carbocycles. The third-order valence-electron chi connectivity index (χ3n) is 3.12. The summed E-state index contributed by atoms with van der Waals surface area (Å²) in [7, 11) is -3.96. The van der Waals surface area contributed by atoms with Crippen molar-refractivity contribution in [3.63, 3.8) is 0 Å². The van der Waals surface area contributed by atoms with Gasteiger partial charge in [-0.25, -0.2) is 17.5 Å². The number of nitrogens with zero attached hydrogens (tertiary/aromatic N) is 1. The zero-order valence-corrected chi connectivity index (χ0v) is 13.4. The Morgan fingerprint density at radius 2 is 1.83 bits per heavy atom. The van der Waals surface area contributed by atoms with Crippen molar-refractivity contribution in [3.05, 3.63) is 69.0 Å². The molecule has 9 heteroatoms. The van der Waals surface area contributed by atoms with Crippen LogP contribution in [0.1, 0.15) is 18.5 Å². The second-order valence-electron chi connectivity index (χ2n) is 4.77. The van der Waals surface area contributed by atoms with Crippen LogP contribution in [-0.2, 0) is 10.0 Å². The highest BCUT2D eigenvalue weighted by molar-refractivity contribution is 7.89. The molecule has 0 amide bonds. The standard InChI is InChI=1S/C14H12ClFN2O4S/c1-9(10-2-5-12(6-3-10)18(19)20)17-23(21,22)14-7-4-11(16)8-13(14)15/h2-9,17H,1H3. The highest BCUT2D eigenvalue weighted by Crippen LogP contribution is 2.25. The molecule has 2 rings (SSSR count). The Kier molecular flexibility index (Phi) is 4.98. The van der Waals surface area contributed by atoms with E-state index < -0.39 is 26.8 Å². The number of rotatable bonds is 5. The minimum Gasteiger partial charge on any atom is -0.258 e. The van der Waals surface area contributed by atoms with Gasteiger partial charge < -0.3 is 0 Å². The van der Waals surface area contributed by atoms with E-state index >= 15 is 0 Å². The van der Waals surface area contributed by atoms with Crippen LogP contribution in [0.15, 0.2) is 47.4 Å². The van der Waals surface area contributed by atoms with Gasteiger partial charge in [-0.3, -0.25) is 10.1 Å². The molecule has 122 valence electrons. The van der Waals surface area contributed by atoms with Crippen LogP contribution >= 0.6 is 11.6 Å². The zero-order valence-electron chi connectivity index (χ0n) is 11.9. The second-order valence-corrected chi connectivity index (χ2v) is 6.86. The van der Waals surface area contributed by atoms with Gasteiger partial charge in [0.2, 0.25) is 10.0 Å². The largest absolute Gasteiger partial charge is 0.269 e. The van der Waals surface area contributed by atoms with Gasteiger partial charge in [0.1, 0.15) is 10.7 Å². The molecule has 1 N–H and O–H groups in total. The Bertz CT molecular complexity index is 840. The second kappa shape index (κ2) is 6.61. The van der Waals surface area contributed by atoms with Crippen molar-refractivity contribution in [2.75, 3.05) is 0 Å². The van der Waals surface area contributed by atoms with E-state index in [9.17, 15) is 22.9 Å². The molecule has 0 aliphatic rings. The normalized spacial score (nSPS) is 12.8. The Morgan fingerprint density at radius 1 is 1.22 bits per heavy atom. The third kappa shape index (κ3) is 4.04. The van der Waals surface area contributed by atoms with Crippen molar-refractivity contribution in [1.82, 2.24) is 4.72 Å². The van der Waals surface area contributed by atoms with Crippen molar-refractivity contribution in [1.29, 1.82) is 0 Å². The fraction of sp³-hybridized carbons (Fsp3) is 0.143. The predicted molar refractivity (Wildman–Crippen MR) is 83.2 cm³/mol. The molecule has 0 saturated heterocycles. The molecule has 2 aromatic carbocycles. The smallest absolute Gasteiger partial charge is 0.258 e. The highest BCUT2D eigenvalue weighted by Gasteiger charge is 2.21. The van der Waals surface area contributed by atoms with Gasteiger partial charge in [0, 0.05) is 18.2 Å². The molecule has 0 fully saturated rings. The van der Waals surface area contributed by atoms with Crippen LogP contribution in [0, 0.1) is 15.9 Å². The van der Waals surface area contributed by atoms with Crippen LogP contribution in [0.25, 0.3) is 0 Å². The molecule has 0 aliphatic heterocycles. The maximum atomic E-state index is 13.0. The monoisotopic (exact) mass is 358 g/mol. The first-order valence-corrected chi connectivity index (χ1v) is 8.28. The van der Waals surface area contributed by atoms with Crippen LogP contribution in [0.2, 0.25) is 5.02 Å². The van der Waals surface area contributed by atoms with Gasteiger partial charge in [0.15, 0.2) is 0 Å². The van der Waals surface area contributed by atoms with Crippen LogP contribution in [0.4, 0.5) is 10.1 Å². The molecule has 0 spiro atoms. The average molecular weight is 359 g/mol. The van der Waals surface area contributed by atoms with Crippen molar-refractivity contribution in [3.8, 4) is 0 Å². The summed E-state index contributed by atoms with van der Waals surface area (Å²) in [6.07, 6.45) is 0. The van der Waals surface area contributed by atoms with Gasteiger partial charge in [0.05, 0.1) is 9.95 Å². The predicted octanol–water partition coefficient (Wildman–Crippen LogP) is 3.43. The Morgan fingerprint density at radius 3 is 2.35 bits per heavy atom. The van der Waals surface area contributed by atoms with Gasteiger partial charge in [0.25, 0.3) is 5.69 Å². The van der Waals surface area contributed by atoms with Crippen molar-refractivity contribution in [2.45, 2.75) is 17.9 Å². The SMILES string of the molecule is CC(NS(=O)(=O)c1ccc(F)cc1Cl)c1ccc([N+](=O)[O-])cc1. The topological polar surface area (TPSA) is 89.3 Å². The highest BCUT2D eigenvalue weighted by atomic mass is 35.5. The number of nitrogens with one attached hydrogen (secondary N) is 1. The van der Waals surface area contributed by atoms with E-state index in [0.717, 1.165) is 18.2 Å².